The van der Waals surface area contributed by atoms with E-state index in [0.717, 1.165) is 33.5 Å². The molecular formula is C28H29FN2O2. The van der Waals surface area contributed by atoms with Crippen LogP contribution >= 0.6 is 0 Å². The zero-order chi connectivity index (χ0) is 23.8. The highest BCUT2D eigenvalue weighted by atomic mass is 19.1. The molecule has 3 aromatic rings. The van der Waals surface area contributed by atoms with Gasteiger partial charge in [0.05, 0.1) is 18.7 Å². The molecule has 0 saturated carbocycles. The van der Waals surface area contributed by atoms with Gasteiger partial charge in [-0.3, -0.25) is 4.79 Å². The van der Waals surface area contributed by atoms with Crippen molar-refractivity contribution < 1.29 is 13.9 Å². The first-order valence-corrected chi connectivity index (χ1v) is 11.0. The van der Waals surface area contributed by atoms with Crippen molar-refractivity contribution in [2.75, 3.05) is 19.5 Å². The number of carbonyl (C=O) groups is 1. The molecule has 5 heteroatoms. The van der Waals surface area contributed by atoms with Crippen LogP contribution in [0.1, 0.15) is 48.3 Å². The number of carbonyl (C=O) groups excluding carboxylic acids is 1. The number of anilines is 1. The molecule has 4 rings (SSSR count). The zero-order valence-electron chi connectivity index (χ0n) is 19.6. The maximum absolute atomic E-state index is 14.0. The Labute approximate surface area is 194 Å². The van der Waals surface area contributed by atoms with Crippen molar-refractivity contribution in [1.29, 1.82) is 0 Å². The molecule has 4 nitrogen and oxygen atoms in total. The molecule has 1 aliphatic rings. The second-order valence-corrected chi connectivity index (χ2v) is 8.92. The van der Waals surface area contributed by atoms with Gasteiger partial charge in [-0.15, -0.1) is 0 Å². The Morgan fingerprint density at radius 2 is 1.76 bits per heavy atom. The van der Waals surface area contributed by atoms with Gasteiger partial charge in [0.25, 0.3) is 0 Å². The van der Waals surface area contributed by atoms with Crippen molar-refractivity contribution in [1.82, 2.24) is 5.32 Å². The molecule has 170 valence electrons. The number of benzene rings is 3. The first-order chi connectivity index (χ1) is 15.8. The third kappa shape index (κ3) is 4.29. The molecule has 2 N–H and O–H groups in total. The van der Waals surface area contributed by atoms with Gasteiger partial charge in [-0.1, -0.05) is 42.5 Å². The van der Waals surface area contributed by atoms with Gasteiger partial charge in [-0.05, 0) is 62.7 Å². The molecule has 1 atom stereocenters. The topological polar surface area (TPSA) is 50.4 Å². The Balaban J connectivity index is 2.02. The summed E-state index contributed by atoms with van der Waals surface area (Å²) in [6.07, 6.45) is 2.17. The van der Waals surface area contributed by atoms with Crippen LogP contribution < -0.4 is 15.4 Å². The third-order valence-electron chi connectivity index (χ3n) is 6.03. The van der Waals surface area contributed by atoms with Gasteiger partial charge in [-0.2, -0.15) is 0 Å². The summed E-state index contributed by atoms with van der Waals surface area (Å²) in [4.78, 5) is 13.7. The van der Waals surface area contributed by atoms with E-state index in [1.165, 1.54) is 19.2 Å². The monoisotopic (exact) mass is 444 g/mol. The maximum atomic E-state index is 14.0. The minimum atomic E-state index is -0.613. The first kappa shape index (κ1) is 22.7. The molecule has 0 fully saturated rings. The number of ether oxygens (including phenoxy) is 1. The number of fused-ring (bicyclic) bond motifs is 1. The number of Topliss-reactive ketones (excluding diaryl/α,β-unsaturated/α-hetero) is 1. The number of ketones is 1. The molecule has 33 heavy (non-hydrogen) atoms. The minimum absolute atomic E-state index is 0.0357. The van der Waals surface area contributed by atoms with Crippen LogP contribution in [0.2, 0.25) is 0 Å². The number of likely N-dealkylation sites (N-methyl/N-ethyl adjacent to an activating group) is 1. The number of hydrogen-bond donors (Lipinski definition) is 2. The average Bonchev–Trinajstić information content (AvgIpc) is 2.79. The Kier molecular flexibility index (Phi) is 6.09. The van der Waals surface area contributed by atoms with E-state index in [2.05, 4.69) is 37.5 Å². The van der Waals surface area contributed by atoms with Gasteiger partial charge in [0.15, 0.2) is 5.78 Å². The van der Waals surface area contributed by atoms with Crippen LogP contribution in [-0.4, -0.2) is 25.5 Å². The lowest BCUT2D eigenvalue weighted by Crippen LogP contribution is -2.33. The number of hydrogen-bond acceptors (Lipinski definition) is 4. The summed E-state index contributed by atoms with van der Waals surface area (Å²) in [6.45, 7) is 6.29. The van der Waals surface area contributed by atoms with Crippen LogP contribution in [0, 0.1) is 5.82 Å². The summed E-state index contributed by atoms with van der Waals surface area (Å²) in [5.74, 6) is 0.00976. The van der Waals surface area contributed by atoms with Gasteiger partial charge in [-0.25, -0.2) is 4.39 Å². The van der Waals surface area contributed by atoms with Crippen LogP contribution in [0.4, 0.5) is 10.1 Å². The van der Waals surface area contributed by atoms with Crippen LogP contribution in [0.3, 0.4) is 0 Å². The predicted octanol–water partition coefficient (Wildman–Crippen LogP) is 6.25. The van der Waals surface area contributed by atoms with E-state index in [-0.39, 0.29) is 17.1 Å². The molecular weight excluding hydrogens is 415 g/mol. The Morgan fingerprint density at radius 1 is 1.06 bits per heavy atom. The van der Waals surface area contributed by atoms with E-state index in [1.807, 2.05) is 42.5 Å². The summed E-state index contributed by atoms with van der Waals surface area (Å²) in [6, 6.07) is 17.1. The van der Waals surface area contributed by atoms with E-state index in [9.17, 15) is 9.18 Å². The smallest absolute Gasteiger partial charge is 0.184 e. The van der Waals surface area contributed by atoms with Crippen LogP contribution in [0.25, 0.3) is 16.7 Å². The van der Waals surface area contributed by atoms with Crippen LogP contribution in [0.15, 0.2) is 66.7 Å². The summed E-state index contributed by atoms with van der Waals surface area (Å²) in [5, 5.41) is 6.82. The minimum Gasteiger partial charge on any atom is -0.496 e. The standard InChI is InChI=1S/C28H29FN2O2/c1-17-16-28(2,3)31-22-14-13-21(20-12-11-19(29)15-23(20)33-5)25(24(17)22)26(30-4)27(32)18-9-7-6-8-10-18/h6-16,26,30-31H,1-5H3. The molecule has 0 spiro atoms. The van der Waals surface area contributed by atoms with E-state index < -0.39 is 6.04 Å². The molecule has 1 unspecified atom stereocenters. The van der Waals surface area contributed by atoms with Crippen LogP contribution in [0.5, 0.6) is 5.75 Å². The van der Waals surface area contributed by atoms with Crippen molar-refractivity contribution in [3.05, 3.63) is 89.2 Å². The van der Waals surface area contributed by atoms with Crippen molar-refractivity contribution >= 4 is 17.0 Å². The van der Waals surface area contributed by atoms with Gasteiger partial charge >= 0.3 is 0 Å². The molecule has 0 aromatic heterocycles. The van der Waals surface area contributed by atoms with E-state index in [1.54, 1.807) is 13.1 Å². The molecule has 1 aliphatic heterocycles. The molecule has 1 heterocycles. The second-order valence-electron chi connectivity index (χ2n) is 8.92. The lowest BCUT2D eigenvalue weighted by molar-refractivity contribution is 0.0947. The van der Waals surface area contributed by atoms with Crippen molar-refractivity contribution in [3.8, 4) is 16.9 Å². The van der Waals surface area contributed by atoms with Crippen molar-refractivity contribution in [3.63, 3.8) is 0 Å². The second kappa shape index (κ2) is 8.83. The average molecular weight is 445 g/mol. The van der Waals surface area contributed by atoms with Crippen LogP contribution in [-0.2, 0) is 0 Å². The van der Waals surface area contributed by atoms with Crippen molar-refractivity contribution in [2.24, 2.45) is 0 Å². The lowest BCUT2D eigenvalue weighted by Gasteiger charge is -2.35. The summed E-state index contributed by atoms with van der Waals surface area (Å²) in [7, 11) is 3.31. The summed E-state index contributed by atoms with van der Waals surface area (Å²) >= 11 is 0. The molecule has 0 saturated heterocycles. The van der Waals surface area contributed by atoms with Gasteiger partial charge < -0.3 is 15.4 Å². The lowest BCUT2D eigenvalue weighted by atomic mass is 9.80. The third-order valence-corrected chi connectivity index (χ3v) is 6.03. The fraction of sp³-hybridized carbons (Fsp3) is 0.250. The predicted molar refractivity (Wildman–Crippen MR) is 132 cm³/mol. The molecule has 0 amide bonds. The SMILES string of the molecule is CNC(C(=O)c1ccccc1)c1c(-c2ccc(F)cc2OC)ccc2c1C(C)=CC(C)(C)N2. The molecule has 0 bridgehead atoms. The quantitative estimate of drug-likeness (QED) is 0.441. The van der Waals surface area contributed by atoms with Gasteiger partial charge in [0, 0.05) is 28.4 Å². The van der Waals surface area contributed by atoms with Gasteiger partial charge in [0.2, 0.25) is 0 Å². The van der Waals surface area contributed by atoms with E-state index in [0.29, 0.717) is 11.3 Å². The van der Waals surface area contributed by atoms with Gasteiger partial charge in [0.1, 0.15) is 11.6 Å². The highest BCUT2D eigenvalue weighted by molar-refractivity contribution is 6.04. The summed E-state index contributed by atoms with van der Waals surface area (Å²) in [5.41, 5.74) is 5.80. The summed E-state index contributed by atoms with van der Waals surface area (Å²) < 4.78 is 19.5. The van der Waals surface area contributed by atoms with Crippen molar-refractivity contribution in [2.45, 2.75) is 32.4 Å². The maximum Gasteiger partial charge on any atom is 0.184 e. The fourth-order valence-electron chi connectivity index (χ4n) is 4.74. The number of nitrogens with one attached hydrogen (secondary N) is 2. The first-order valence-electron chi connectivity index (χ1n) is 11.0. The normalized spacial score (nSPS) is 15.2. The highest BCUT2D eigenvalue weighted by Gasteiger charge is 2.32. The Morgan fingerprint density at radius 3 is 2.42 bits per heavy atom. The highest BCUT2D eigenvalue weighted by Crippen LogP contribution is 2.45. The number of allylic oxidation sites excluding steroid dienone is 1. The number of methoxy groups -OCH3 is 1. The Hall–Kier alpha value is -3.44. The molecule has 0 radical (unpaired) electrons. The molecule has 3 aromatic carbocycles. The van der Waals surface area contributed by atoms with E-state index in [4.69, 9.17) is 4.74 Å². The largest absolute Gasteiger partial charge is 0.496 e. The number of halogens is 1. The Bertz CT molecular complexity index is 1230. The fourth-order valence-corrected chi connectivity index (χ4v) is 4.74. The number of rotatable bonds is 6. The van der Waals surface area contributed by atoms with E-state index >= 15 is 0 Å². The molecule has 0 aliphatic carbocycles. The zero-order valence-corrected chi connectivity index (χ0v) is 19.6.